The maximum absolute atomic E-state index is 13.2. The van der Waals surface area contributed by atoms with Crippen molar-refractivity contribution in [1.29, 1.82) is 0 Å². The molecule has 0 bridgehead atoms. The van der Waals surface area contributed by atoms with Crippen LogP contribution in [0.15, 0.2) is 30.3 Å². The lowest BCUT2D eigenvalue weighted by Crippen LogP contribution is -2.06. The number of nitrogens with two attached hydrogens (primary N) is 1. The molecule has 2 aromatic rings. The van der Waals surface area contributed by atoms with Crippen molar-refractivity contribution in [3.8, 4) is 5.75 Å². The first-order chi connectivity index (χ1) is 9.85. The van der Waals surface area contributed by atoms with Crippen molar-refractivity contribution in [3.05, 3.63) is 46.2 Å². The lowest BCUT2D eigenvalue weighted by Gasteiger charge is -2.15. The number of anilines is 3. The molecule has 0 heterocycles. The van der Waals surface area contributed by atoms with E-state index in [1.54, 1.807) is 18.2 Å². The smallest absolute Gasteiger partial charge is 0.126 e. The van der Waals surface area contributed by atoms with Gasteiger partial charge in [-0.25, -0.2) is 4.39 Å². The molecule has 3 N–H and O–H groups in total. The summed E-state index contributed by atoms with van der Waals surface area (Å²) >= 11 is 12.0. The number of nitrogen functional groups attached to an aromatic ring is 1. The second-order valence-corrected chi connectivity index (χ2v) is 5.64. The molecule has 0 unspecified atom stereocenters. The normalized spacial score (nSPS) is 10.8. The summed E-state index contributed by atoms with van der Waals surface area (Å²) in [6.07, 6.45) is 0.0256. The molecule has 0 aliphatic rings. The maximum atomic E-state index is 13.2. The highest BCUT2D eigenvalue weighted by molar-refractivity contribution is 6.39. The molecular formula is C15H15Cl2FN2O. The first kappa shape index (κ1) is 15.7. The van der Waals surface area contributed by atoms with Gasteiger partial charge in [-0.15, -0.1) is 0 Å². The predicted molar refractivity (Wildman–Crippen MR) is 86.3 cm³/mol. The van der Waals surface area contributed by atoms with E-state index in [0.717, 1.165) is 0 Å². The zero-order valence-electron chi connectivity index (χ0n) is 11.6. The topological polar surface area (TPSA) is 47.3 Å². The summed E-state index contributed by atoms with van der Waals surface area (Å²) in [5, 5.41) is 3.41. The molecule has 0 radical (unpaired) electrons. The van der Waals surface area contributed by atoms with Gasteiger partial charge in [-0.1, -0.05) is 23.2 Å². The molecule has 2 aromatic carbocycles. The zero-order valence-corrected chi connectivity index (χ0v) is 13.1. The van der Waals surface area contributed by atoms with Gasteiger partial charge < -0.3 is 15.8 Å². The molecule has 2 rings (SSSR count). The summed E-state index contributed by atoms with van der Waals surface area (Å²) in [7, 11) is 0. The van der Waals surface area contributed by atoms with Crippen LogP contribution in [0.2, 0.25) is 10.0 Å². The monoisotopic (exact) mass is 328 g/mol. The van der Waals surface area contributed by atoms with Crippen LogP contribution in [0, 0.1) is 5.82 Å². The summed E-state index contributed by atoms with van der Waals surface area (Å²) in [5.41, 5.74) is 7.45. The van der Waals surface area contributed by atoms with Crippen LogP contribution >= 0.6 is 23.2 Å². The van der Waals surface area contributed by atoms with Crippen LogP contribution in [-0.4, -0.2) is 6.10 Å². The summed E-state index contributed by atoms with van der Waals surface area (Å²) < 4.78 is 18.8. The standard InChI is InChI=1S/C15H15Cl2FN2O/c1-8(2)21-12-6-10(19)5-11(7-12)20-15-13(16)3-9(18)4-14(15)17/h3-8,20H,19H2,1-2H3. The van der Waals surface area contributed by atoms with Crippen LogP contribution in [0.1, 0.15) is 13.8 Å². The second kappa shape index (κ2) is 6.41. The van der Waals surface area contributed by atoms with Crippen molar-refractivity contribution in [2.75, 3.05) is 11.1 Å². The van der Waals surface area contributed by atoms with Gasteiger partial charge in [-0.2, -0.15) is 0 Å². The highest BCUT2D eigenvalue weighted by atomic mass is 35.5. The molecule has 0 atom stereocenters. The molecule has 21 heavy (non-hydrogen) atoms. The Labute approximate surface area is 132 Å². The Balaban J connectivity index is 2.33. The Kier molecular flexibility index (Phi) is 4.80. The average Bonchev–Trinajstić information content (AvgIpc) is 2.32. The molecule has 6 heteroatoms. The number of rotatable bonds is 4. The van der Waals surface area contributed by atoms with E-state index in [4.69, 9.17) is 33.7 Å². The van der Waals surface area contributed by atoms with Gasteiger partial charge in [0.15, 0.2) is 0 Å². The fourth-order valence-electron chi connectivity index (χ4n) is 1.84. The number of halogens is 3. The fraction of sp³-hybridized carbons (Fsp3) is 0.200. The quantitative estimate of drug-likeness (QED) is 0.754. The molecule has 112 valence electrons. The number of ether oxygens (including phenoxy) is 1. The molecule has 0 aliphatic heterocycles. The molecular weight excluding hydrogens is 314 g/mol. The first-order valence-corrected chi connectivity index (χ1v) is 7.09. The molecule has 0 fully saturated rings. The van der Waals surface area contributed by atoms with Gasteiger partial charge in [0.05, 0.1) is 21.8 Å². The zero-order chi connectivity index (χ0) is 15.6. The number of nitrogens with one attached hydrogen (secondary N) is 1. The van der Waals surface area contributed by atoms with E-state index in [1.807, 2.05) is 13.8 Å². The predicted octanol–water partition coefficient (Wildman–Crippen LogP) is 5.25. The van der Waals surface area contributed by atoms with Crippen LogP contribution in [0.5, 0.6) is 5.75 Å². The summed E-state index contributed by atoms with van der Waals surface area (Å²) in [6, 6.07) is 7.58. The summed E-state index contributed by atoms with van der Waals surface area (Å²) in [6.45, 7) is 3.84. The summed E-state index contributed by atoms with van der Waals surface area (Å²) in [5.74, 6) is 0.133. The minimum atomic E-state index is -0.494. The fourth-order valence-corrected chi connectivity index (χ4v) is 2.40. The van der Waals surface area contributed by atoms with Crippen LogP contribution in [0.3, 0.4) is 0 Å². The molecule has 0 amide bonds. The Morgan fingerprint density at radius 3 is 2.29 bits per heavy atom. The Morgan fingerprint density at radius 2 is 1.71 bits per heavy atom. The van der Waals surface area contributed by atoms with Gasteiger partial charge in [0.25, 0.3) is 0 Å². The van der Waals surface area contributed by atoms with E-state index >= 15 is 0 Å². The van der Waals surface area contributed by atoms with Gasteiger partial charge in [0.2, 0.25) is 0 Å². The van der Waals surface area contributed by atoms with E-state index in [2.05, 4.69) is 5.32 Å². The van der Waals surface area contributed by atoms with Crippen molar-refractivity contribution >= 4 is 40.3 Å². The van der Waals surface area contributed by atoms with Gasteiger partial charge >= 0.3 is 0 Å². The SMILES string of the molecule is CC(C)Oc1cc(N)cc(Nc2c(Cl)cc(F)cc2Cl)c1. The van der Waals surface area contributed by atoms with E-state index < -0.39 is 5.82 Å². The van der Waals surface area contributed by atoms with Gasteiger partial charge in [0.1, 0.15) is 11.6 Å². The molecule has 0 spiro atoms. The molecule has 0 aliphatic carbocycles. The van der Waals surface area contributed by atoms with Crippen molar-refractivity contribution in [2.24, 2.45) is 0 Å². The largest absolute Gasteiger partial charge is 0.491 e. The Hall–Kier alpha value is -1.65. The lowest BCUT2D eigenvalue weighted by molar-refractivity contribution is 0.242. The van der Waals surface area contributed by atoms with Crippen molar-refractivity contribution in [3.63, 3.8) is 0 Å². The van der Waals surface area contributed by atoms with Gasteiger partial charge in [0, 0.05) is 23.5 Å². The van der Waals surface area contributed by atoms with Crippen molar-refractivity contribution in [2.45, 2.75) is 20.0 Å². The molecule has 0 saturated heterocycles. The van der Waals surface area contributed by atoms with Crippen LogP contribution in [-0.2, 0) is 0 Å². The van der Waals surface area contributed by atoms with E-state index in [-0.39, 0.29) is 16.1 Å². The van der Waals surface area contributed by atoms with Gasteiger partial charge in [-0.3, -0.25) is 0 Å². The molecule has 0 saturated carbocycles. The van der Waals surface area contributed by atoms with Crippen molar-refractivity contribution < 1.29 is 9.13 Å². The van der Waals surface area contributed by atoms with E-state index in [0.29, 0.717) is 22.8 Å². The third-order valence-corrected chi connectivity index (χ3v) is 3.17. The minimum absolute atomic E-state index is 0.0256. The Bertz CT molecular complexity index is 639. The number of hydrogen-bond donors (Lipinski definition) is 2. The lowest BCUT2D eigenvalue weighted by atomic mass is 10.2. The van der Waals surface area contributed by atoms with Crippen molar-refractivity contribution in [1.82, 2.24) is 0 Å². The second-order valence-electron chi connectivity index (χ2n) is 4.83. The third-order valence-electron chi connectivity index (χ3n) is 2.58. The van der Waals surface area contributed by atoms with Crippen LogP contribution < -0.4 is 15.8 Å². The van der Waals surface area contributed by atoms with E-state index in [9.17, 15) is 4.39 Å². The van der Waals surface area contributed by atoms with Gasteiger partial charge in [-0.05, 0) is 32.0 Å². The number of hydrogen-bond acceptors (Lipinski definition) is 3. The Morgan fingerprint density at radius 1 is 1.10 bits per heavy atom. The first-order valence-electron chi connectivity index (χ1n) is 6.34. The third kappa shape index (κ3) is 4.16. The van der Waals surface area contributed by atoms with Crippen LogP contribution in [0.4, 0.5) is 21.5 Å². The highest BCUT2D eigenvalue weighted by Crippen LogP contribution is 2.35. The van der Waals surface area contributed by atoms with E-state index in [1.165, 1.54) is 12.1 Å². The molecule has 0 aromatic heterocycles. The van der Waals surface area contributed by atoms with Crippen LogP contribution in [0.25, 0.3) is 0 Å². The minimum Gasteiger partial charge on any atom is -0.491 e. The average molecular weight is 329 g/mol. The number of benzene rings is 2. The maximum Gasteiger partial charge on any atom is 0.126 e. The molecule has 3 nitrogen and oxygen atoms in total. The summed E-state index contributed by atoms with van der Waals surface area (Å²) in [4.78, 5) is 0. The highest BCUT2D eigenvalue weighted by Gasteiger charge is 2.10.